The Bertz CT molecular complexity index is 1250. The van der Waals surface area contributed by atoms with E-state index in [4.69, 9.17) is 23.2 Å². The van der Waals surface area contributed by atoms with Gasteiger partial charge in [0.1, 0.15) is 0 Å². The average molecular weight is 482 g/mol. The van der Waals surface area contributed by atoms with Crippen molar-refractivity contribution in [1.82, 2.24) is 9.88 Å². The molecule has 1 aromatic heterocycles. The normalized spacial score (nSPS) is 20.2. The number of piperazine rings is 1. The van der Waals surface area contributed by atoms with Crippen LogP contribution in [-0.4, -0.2) is 54.7 Å². The second-order valence-electron chi connectivity index (χ2n) is 9.04. The molecule has 1 N–H and O–H groups in total. The lowest BCUT2D eigenvalue weighted by Gasteiger charge is -2.39. The number of carbonyl (C=O) groups excluding carboxylic acids is 1. The number of nitrogens with one attached hydrogen (secondary N) is 1. The average Bonchev–Trinajstić information content (AvgIpc) is 3.46. The summed E-state index contributed by atoms with van der Waals surface area (Å²) >= 11 is 12.4. The van der Waals surface area contributed by atoms with Crippen molar-refractivity contribution in [2.75, 3.05) is 47.8 Å². The van der Waals surface area contributed by atoms with Crippen LogP contribution in [0.15, 0.2) is 42.6 Å². The fraction of sp³-hybridized carbons (Fsp3) is 0.360. The molecule has 0 aliphatic carbocycles. The Morgan fingerprint density at radius 1 is 1.06 bits per heavy atom. The van der Waals surface area contributed by atoms with Gasteiger partial charge in [-0.2, -0.15) is 0 Å². The molecular weight excluding hydrogens is 457 g/mol. The van der Waals surface area contributed by atoms with Crippen LogP contribution in [0.2, 0.25) is 10.0 Å². The molecule has 3 aliphatic rings. The van der Waals surface area contributed by atoms with Crippen molar-refractivity contribution >= 4 is 57.2 Å². The summed E-state index contributed by atoms with van der Waals surface area (Å²) in [6.07, 6.45) is 5.28. The van der Waals surface area contributed by atoms with E-state index < -0.39 is 0 Å². The third-order valence-electron chi connectivity index (χ3n) is 7.18. The maximum Gasteiger partial charge on any atom is 0.326 e. The Balaban J connectivity index is 1.32. The van der Waals surface area contributed by atoms with Crippen LogP contribution in [0.5, 0.6) is 0 Å². The lowest BCUT2D eigenvalue weighted by atomic mass is 10.1. The smallest absolute Gasteiger partial charge is 0.326 e. The van der Waals surface area contributed by atoms with E-state index in [1.165, 1.54) is 25.1 Å². The molecule has 0 radical (unpaired) electrons. The van der Waals surface area contributed by atoms with Gasteiger partial charge in [-0.3, -0.25) is 14.8 Å². The zero-order chi connectivity index (χ0) is 22.5. The van der Waals surface area contributed by atoms with E-state index >= 15 is 0 Å². The number of rotatable bonds is 2. The predicted octanol–water partition coefficient (Wildman–Crippen LogP) is 5.42. The number of aromatic nitrogens is 1. The number of hydrogen-bond donors (Lipinski definition) is 1. The Kier molecular flexibility index (Phi) is 5.32. The van der Waals surface area contributed by atoms with E-state index in [-0.39, 0.29) is 6.03 Å². The highest BCUT2D eigenvalue weighted by Crippen LogP contribution is 2.38. The molecule has 8 heteroatoms. The molecule has 33 heavy (non-hydrogen) atoms. The third-order valence-corrected chi connectivity index (χ3v) is 8.00. The van der Waals surface area contributed by atoms with Crippen molar-refractivity contribution in [3.63, 3.8) is 0 Å². The van der Waals surface area contributed by atoms with Crippen molar-refractivity contribution in [1.29, 1.82) is 0 Å². The molecule has 2 aromatic carbocycles. The van der Waals surface area contributed by atoms with Crippen LogP contribution in [0.4, 0.5) is 21.9 Å². The van der Waals surface area contributed by atoms with Gasteiger partial charge in [-0.15, -0.1) is 0 Å². The van der Waals surface area contributed by atoms with Crippen molar-refractivity contribution in [3.8, 4) is 0 Å². The molecule has 0 saturated carbocycles. The van der Waals surface area contributed by atoms with E-state index in [2.05, 4.69) is 38.3 Å². The van der Waals surface area contributed by atoms with Crippen molar-refractivity contribution in [3.05, 3.63) is 58.2 Å². The van der Waals surface area contributed by atoms with Crippen molar-refractivity contribution in [2.24, 2.45) is 0 Å². The summed E-state index contributed by atoms with van der Waals surface area (Å²) in [6.45, 7) is 5.02. The van der Waals surface area contributed by atoms with Gasteiger partial charge in [0.25, 0.3) is 0 Å². The number of benzene rings is 2. The first-order valence-corrected chi connectivity index (χ1v) is 12.3. The van der Waals surface area contributed by atoms with Gasteiger partial charge in [-0.25, -0.2) is 4.79 Å². The molecule has 170 valence electrons. The van der Waals surface area contributed by atoms with Gasteiger partial charge in [0.05, 0.1) is 21.2 Å². The largest absolute Gasteiger partial charge is 0.368 e. The highest BCUT2D eigenvalue weighted by molar-refractivity contribution is 6.44. The summed E-state index contributed by atoms with van der Waals surface area (Å²) < 4.78 is 0. The molecule has 4 heterocycles. The minimum absolute atomic E-state index is 0.206. The molecule has 2 saturated heterocycles. The number of anilines is 3. The molecule has 0 spiro atoms. The number of nitrogens with zero attached hydrogens (tertiary/aromatic N) is 4. The van der Waals surface area contributed by atoms with Crippen molar-refractivity contribution in [2.45, 2.75) is 25.3 Å². The molecular formula is C25H25Cl2N5O. The highest BCUT2D eigenvalue weighted by Gasteiger charge is 2.32. The molecule has 0 bridgehead atoms. The Labute approximate surface area is 203 Å². The standard InChI is InChI=1S/C25H25Cl2N5O/c26-19-4-1-5-20(24(19)27)29-25(33)32-10-7-16-13-21-18(14-23(16)32)22(6-8-28-21)31-12-11-30-9-2-3-17(30)15-31/h1,4-6,8,13-14,17H,2-3,7,9-12,15H2,(H,29,33)/t17-/m0/s1. The van der Waals surface area contributed by atoms with Gasteiger partial charge in [0.15, 0.2) is 0 Å². The van der Waals surface area contributed by atoms with Gasteiger partial charge >= 0.3 is 6.03 Å². The van der Waals surface area contributed by atoms with Crippen LogP contribution in [0.3, 0.4) is 0 Å². The number of amides is 2. The zero-order valence-electron chi connectivity index (χ0n) is 18.2. The molecule has 0 unspecified atom stereocenters. The minimum Gasteiger partial charge on any atom is -0.368 e. The SMILES string of the molecule is O=C(Nc1cccc(Cl)c1Cl)N1CCc2cc3nccc(N4CCN5CCC[C@H]5C4)c3cc21. The van der Waals surface area contributed by atoms with Crippen LogP contribution < -0.4 is 15.1 Å². The number of halogens is 2. The number of urea groups is 1. The fourth-order valence-electron chi connectivity index (χ4n) is 5.49. The molecule has 6 nitrogen and oxygen atoms in total. The maximum atomic E-state index is 13.2. The first-order chi connectivity index (χ1) is 16.1. The first-order valence-electron chi connectivity index (χ1n) is 11.5. The van der Waals surface area contributed by atoms with Crippen LogP contribution in [0.1, 0.15) is 18.4 Å². The van der Waals surface area contributed by atoms with Gasteiger partial charge in [0.2, 0.25) is 0 Å². The van der Waals surface area contributed by atoms with E-state index in [1.54, 1.807) is 23.1 Å². The second-order valence-corrected chi connectivity index (χ2v) is 9.82. The molecule has 3 aromatic rings. The lowest BCUT2D eigenvalue weighted by molar-refractivity contribution is 0.231. The number of pyridine rings is 1. The van der Waals surface area contributed by atoms with Gasteiger partial charge < -0.3 is 10.2 Å². The number of fused-ring (bicyclic) bond motifs is 3. The summed E-state index contributed by atoms with van der Waals surface area (Å²) in [7, 11) is 0. The summed E-state index contributed by atoms with van der Waals surface area (Å²) in [5.41, 5.74) is 4.78. The summed E-state index contributed by atoms with van der Waals surface area (Å²) in [5, 5.41) is 4.79. The van der Waals surface area contributed by atoms with E-state index in [0.717, 1.165) is 48.2 Å². The Morgan fingerprint density at radius 3 is 2.88 bits per heavy atom. The lowest BCUT2D eigenvalue weighted by Crippen LogP contribution is -2.50. The fourth-order valence-corrected chi connectivity index (χ4v) is 5.84. The summed E-state index contributed by atoms with van der Waals surface area (Å²) in [4.78, 5) is 24.7. The monoisotopic (exact) mass is 481 g/mol. The van der Waals surface area contributed by atoms with Crippen molar-refractivity contribution < 1.29 is 4.79 Å². The van der Waals surface area contributed by atoms with Crippen LogP contribution >= 0.6 is 23.2 Å². The quantitative estimate of drug-likeness (QED) is 0.530. The van der Waals surface area contributed by atoms with Gasteiger partial charge in [-0.05, 0) is 61.7 Å². The van der Waals surface area contributed by atoms with E-state index in [1.807, 2.05) is 6.20 Å². The Hall–Kier alpha value is -2.54. The summed E-state index contributed by atoms with van der Waals surface area (Å²) in [6, 6.07) is 12.1. The van der Waals surface area contributed by atoms with Crippen LogP contribution in [0, 0.1) is 0 Å². The van der Waals surface area contributed by atoms with Gasteiger partial charge in [0, 0.05) is 55.2 Å². The third kappa shape index (κ3) is 3.70. The minimum atomic E-state index is -0.206. The molecule has 1 atom stereocenters. The maximum absolute atomic E-state index is 13.2. The highest BCUT2D eigenvalue weighted by atomic mass is 35.5. The number of hydrogen-bond acceptors (Lipinski definition) is 4. The molecule has 3 aliphatic heterocycles. The number of carbonyl (C=O) groups is 1. The first kappa shape index (κ1) is 21.0. The van der Waals surface area contributed by atoms with Crippen LogP contribution in [-0.2, 0) is 6.42 Å². The zero-order valence-corrected chi connectivity index (χ0v) is 19.7. The molecule has 2 fully saturated rings. The van der Waals surface area contributed by atoms with Crippen LogP contribution in [0.25, 0.3) is 10.9 Å². The predicted molar refractivity (Wildman–Crippen MR) is 135 cm³/mol. The van der Waals surface area contributed by atoms with E-state index in [9.17, 15) is 4.79 Å². The molecule has 6 rings (SSSR count). The van der Waals surface area contributed by atoms with Gasteiger partial charge in [-0.1, -0.05) is 29.3 Å². The topological polar surface area (TPSA) is 51.7 Å². The second kappa shape index (κ2) is 8.35. The Morgan fingerprint density at radius 2 is 1.97 bits per heavy atom. The molecule has 2 amide bonds. The van der Waals surface area contributed by atoms with E-state index in [0.29, 0.717) is 28.3 Å². The summed E-state index contributed by atoms with van der Waals surface area (Å²) in [5.74, 6) is 0.